The van der Waals surface area contributed by atoms with E-state index in [1.54, 1.807) is 18.2 Å². The molecule has 2 rings (SSSR count). The summed E-state index contributed by atoms with van der Waals surface area (Å²) in [7, 11) is 0. The van der Waals surface area contributed by atoms with E-state index in [1.165, 1.54) is 6.26 Å². The molecule has 0 atom stereocenters. The first kappa shape index (κ1) is 12.9. The Bertz CT molecular complexity index is 578. The van der Waals surface area contributed by atoms with Crippen molar-refractivity contribution in [2.45, 2.75) is 20.0 Å². The van der Waals surface area contributed by atoms with E-state index in [0.717, 1.165) is 0 Å². The van der Waals surface area contributed by atoms with Crippen molar-refractivity contribution in [2.75, 3.05) is 11.1 Å². The lowest BCUT2D eigenvalue weighted by molar-refractivity contribution is 0.102. The predicted octanol–water partition coefficient (Wildman–Crippen LogP) is 2.30. The second-order valence-corrected chi connectivity index (χ2v) is 4.19. The highest BCUT2D eigenvalue weighted by Crippen LogP contribution is 2.25. The van der Waals surface area contributed by atoms with E-state index >= 15 is 0 Å². The molecule has 0 aliphatic rings. The van der Waals surface area contributed by atoms with Gasteiger partial charge < -0.3 is 20.2 Å². The van der Waals surface area contributed by atoms with Gasteiger partial charge in [0, 0.05) is 0 Å². The molecule has 0 spiro atoms. The summed E-state index contributed by atoms with van der Waals surface area (Å²) in [5.74, 6) is 0.197. The first-order valence-corrected chi connectivity index (χ1v) is 5.84. The van der Waals surface area contributed by atoms with Gasteiger partial charge in [-0.3, -0.25) is 4.79 Å². The molecular weight excluding hydrogens is 246 g/mol. The largest absolute Gasteiger partial charge is 0.489 e. The van der Waals surface area contributed by atoms with Gasteiger partial charge in [-0.15, -0.1) is 0 Å². The van der Waals surface area contributed by atoms with Gasteiger partial charge in [0.1, 0.15) is 12.0 Å². The van der Waals surface area contributed by atoms with Gasteiger partial charge in [0.15, 0.2) is 5.69 Å². The zero-order chi connectivity index (χ0) is 13.8. The highest BCUT2D eigenvalue weighted by atomic mass is 16.5. The Morgan fingerprint density at radius 3 is 2.79 bits per heavy atom. The number of para-hydroxylation sites is 2. The van der Waals surface area contributed by atoms with Crippen molar-refractivity contribution in [2.24, 2.45) is 0 Å². The number of nitrogen functional groups attached to an aromatic ring is 1. The van der Waals surface area contributed by atoms with Crippen LogP contribution in [0.4, 0.5) is 11.7 Å². The summed E-state index contributed by atoms with van der Waals surface area (Å²) >= 11 is 0. The molecule has 1 amide bonds. The molecule has 1 aromatic carbocycles. The van der Waals surface area contributed by atoms with Gasteiger partial charge in [-0.05, 0) is 26.0 Å². The number of anilines is 2. The number of ether oxygens (including phenoxy) is 1. The Labute approximate surface area is 110 Å². The van der Waals surface area contributed by atoms with Gasteiger partial charge in [0.05, 0.1) is 11.8 Å². The van der Waals surface area contributed by atoms with Crippen molar-refractivity contribution < 1.29 is 13.9 Å². The maximum absolute atomic E-state index is 11.9. The van der Waals surface area contributed by atoms with Crippen LogP contribution in [-0.4, -0.2) is 17.0 Å². The van der Waals surface area contributed by atoms with E-state index in [0.29, 0.717) is 11.4 Å². The number of benzene rings is 1. The Hall–Kier alpha value is -2.50. The Kier molecular flexibility index (Phi) is 3.70. The fourth-order valence-electron chi connectivity index (χ4n) is 1.50. The smallest absolute Gasteiger partial charge is 0.292 e. The molecule has 3 N–H and O–H groups in total. The first-order chi connectivity index (χ1) is 9.06. The molecule has 6 heteroatoms. The summed E-state index contributed by atoms with van der Waals surface area (Å²) in [5, 5.41) is 2.70. The second-order valence-electron chi connectivity index (χ2n) is 4.19. The average Bonchev–Trinajstić information content (AvgIpc) is 2.78. The van der Waals surface area contributed by atoms with Crippen LogP contribution in [-0.2, 0) is 0 Å². The molecule has 6 nitrogen and oxygen atoms in total. The topological polar surface area (TPSA) is 90.4 Å². The molecule has 1 heterocycles. The third-order valence-corrected chi connectivity index (χ3v) is 2.25. The molecular formula is C13H15N3O3. The fraction of sp³-hybridized carbons (Fsp3) is 0.231. The lowest BCUT2D eigenvalue weighted by Crippen LogP contribution is -2.14. The lowest BCUT2D eigenvalue weighted by Gasteiger charge is -2.14. The third-order valence-electron chi connectivity index (χ3n) is 2.25. The van der Waals surface area contributed by atoms with E-state index < -0.39 is 5.91 Å². The number of nitrogens with two attached hydrogens (primary N) is 1. The van der Waals surface area contributed by atoms with Crippen molar-refractivity contribution in [1.82, 2.24) is 4.98 Å². The first-order valence-electron chi connectivity index (χ1n) is 5.84. The lowest BCUT2D eigenvalue weighted by atomic mass is 10.2. The standard InChI is InChI=1S/C13H15N3O3/c1-8(2)19-11-6-4-3-5-9(11)15-12(17)10-7-18-13(14)16-10/h3-8H,1-2H3,(H2,14,16)(H,15,17). The zero-order valence-electron chi connectivity index (χ0n) is 10.7. The van der Waals surface area contributed by atoms with E-state index in [4.69, 9.17) is 14.9 Å². The van der Waals surface area contributed by atoms with Gasteiger partial charge in [-0.1, -0.05) is 12.1 Å². The van der Waals surface area contributed by atoms with Crippen LogP contribution in [0.1, 0.15) is 24.3 Å². The third kappa shape index (κ3) is 3.25. The number of carbonyl (C=O) groups is 1. The second kappa shape index (κ2) is 5.43. The summed E-state index contributed by atoms with van der Waals surface area (Å²) in [4.78, 5) is 15.7. The highest BCUT2D eigenvalue weighted by Gasteiger charge is 2.13. The normalized spacial score (nSPS) is 10.5. The van der Waals surface area contributed by atoms with Crippen LogP contribution >= 0.6 is 0 Å². The van der Waals surface area contributed by atoms with Crippen molar-refractivity contribution in [3.8, 4) is 5.75 Å². The quantitative estimate of drug-likeness (QED) is 0.881. The number of rotatable bonds is 4. The number of nitrogens with zero attached hydrogens (tertiary/aromatic N) is 1. The molecule has 1 aromatic heterocycles. The van der Waals surface area contributed by atoms with Gasteiger partial charge >= 0.3 is 0 Å². The summed E-state index contributed by atoms with van der Waals surface area (Å²) in [5.41, 5.74) is 6.02. The van der Waals surface area contributed by atoms with E-state index in [9.17, 15) is 4.79 Å². The highest BCUT2D eigenvalue weighted by molar-refractivity contribution is 6.03. The van der Waals surface area contributed by atoms with Crippen LogP contribution in [0.25, 0.3) is 0 Å². The SMILES string of the molecule is CC(C)Oc1ccccc1NC(=O)c1coc(N)n1. The molecule has 0 radical (unpaired) electrons. The van der Waals surface area contributed by atoms with Crippen LogP contribution in [0.3, 0.4) is 0 Å². The summed E-state index contributed by atoms with van der Waals surface area (Å²) in [6, 6.07) is 7.13. The average molecular weight is 261 g/mol. The minimum atomic E-state index is -0.403. The van der Waals surface area contributed by atoms with Crippen LogP contribution in [0.2, 0.25) is 0 Å². The summed E-state index contributed by atoms with van der Waals surface area (Å²) < 4.78 is 10.4. The summed E-state index contributed by atoms with van der Waals surface area (Å²) in [6.45, 7) is 3.83. The Morgan fingerprint density at radius 1 is 1.42 bits per heavy atom. The van der Waals surface area contributed by atoms with Crippen molar-refractivity contribution >= 4 is 17.6 Å². The zero-order valence-corrected chi connectivity index (χ0v) is 10.7. The fourth-order valence-corrected chi connectivity index (χ4v) is 1.50. The van der Waals surface area contributed by atoms with Crippen LogP contribution in [0, 0.1) is 0 Å². The molecule has 2 aromatic rings. The van der Waals surface area contributed by atoms with Gasteiger partial charge in [0.25, 0.3) is 11.9 Å². The molecule has 0 saturated heterocycles. The maximum Gasteiger partial charge on any atom is 0.292 e. The van der Waals surface area contributed by atoms with Crippen molar-refractivity contribution in [1.29, 1.82) is 0 Å². The maximum atomic E-state index is 11.9. The van der Waals surface area contributed by atoms with Gasteiger partial charge in [-0.2, -0.15) is 4.98 Å². The van der Waals surface area contributed by atoms with E-state index in [2.05, 4.69) is 10.3 Å². The molecule has 0 fully saturated rings. The monoisotopic (exact) mass is 261 g/mol. The Morgan fingerprint density at radius 2 is 2.16 bits per heavy atom. The molecule has 0 saturated carbocycles. The molecule has 100 valence electrons. The van der Waals surface area contributed by atoms with Gasteiger partial charge in [0.2, 0.25) is 0 Å². The molecule has 19 heavy (non-hydrogen) atoms. The van der Waals surface area contributed by atoms with Crippen LogP contribution < -0.4 is 15.8 Å². The van der Waals surface area contributed by atoms with Crippen molar-refractivity contribution in [3.05, 3.63) is 36.2 Å². The van der Waals surface area contributed by atoms with Gasteiger partial charge in [-0.25, -0.2) is 0 Å². The molecule has 0 aliphatic heterocycles. The minimum Gasteiger partial charge on any atom is -0.489 e. The number of aromatic nitrogens is 1. The van der Waals surface area contributed by atoms with Crippen molar-refractivity contribution in [3.63, 3.8) is 0 Å². The molecule has 0 unspecified atom stereocenters. The number of hydrogen-bond donors (Lipinski definition) is 2. The number of carbonyl (C=O) groups excluding carboxylic acids is 1. The predicted molar refractivity (Wildman–Crippen MR) is 71.1 cm³/mol. The van der Waals surface area contributed by atoms with E-state index in [-0.39, 0.29) is 17.8 Å². The summed E-state index contributed by atoms with van der Waals surface area (Å²) in [6.07, 6.45) is 1.22. The number of hydrogen-bond acceptors (Lipinski definition) is 5. The van der Waals surface area contributed by atoms with E-state index in [1.807, 2.05) is 19.9 Å². The number of amides is 1. The molecule has 0 aliphatic carbocycles. The molecule has 0 bridgehead atoms. The Balaban J connectivity index is 2.16. The number of oxazole rings is 1. The number of nitrogens with one attached hydrogen (secondary N) is 1. The van der Waals surface area contributed by atoms with Crippen LogP contribution in [0.5, 0.6) is 5.75 Å². The minimum absolute atomic E-state index is 0.0146. The van der Waals surface area contributed by atoms with Crippen LogP contribution in [0.15, 0.2) is 34.9 Å².